The van der Waals surface area contributed by atoms with Gasteiger partial charge in [-0.15, -0.1) is 0 Å². The fourth-order valence-electron chi connectivity index (χ4n) is 1.12. The molecule has 6 nitrogen and oxygen atoms in total. The third kappa shape index (κ3) is 7.65. The van der Waals surface area contributed by atoms with Gasteiger partial charge in [0.2, 0.25) is 5.91 Å². The Labute approximate surface area is 107 Å². The Morgan fingerprint density at radius 3 is 2.22 bits per heavy atom. The molecule has 0 saturated carbocycles. The number of ether oxygens (including phenoxy) is 1. The van der Waals surface area contributed by atoms with Crippen LogP contribution in [0.15, 0.2) is 0 Å². The van der Waals surface area contributed by atoms with Gasteiger partial charge in [0.25, 0.3) is 0 Å². The van der Waals surface area contributed by atoms with Crippen molar-refractivity contribution in [2.45, 2.75) is 58.7 Å². The molecule has 2 amide bonds. The third-order valence-electron chi connectivity index (χ3n) is 1.96. The fourth-order valence-corrected chi connectivity index (χ4v) is 1.12. The van der Waals surface area contributed by atoms with E-state index < -0.39 is 17.7 Å². The minimum absolute atomic E-state index is 0.241. The van der Waals surface area contributed by atoms with Crippen molar-refractivity contribution in [3.05, 3.63) is 0 Å². The number of nitrogens with one attached hydrogen (secondary N) is 2. The van der Waals surface area contributed by atoms with Crippen LogP contribution in [0.25, 0.3) is 0 Å². The Bertz CT molecular complexity index is 310. The Balaban J connectivity index is 4.15. The van der Waals surface area contributed by atoms with Crippen LogP contribution in [-0.2, 0) is 14.3 Å². The maximum absolute atomic E-state index is 11.6. The summed E-state index contributed by atoms with van der Waals surface area (Å²) in [6.45, 7) is 8.48. The van der Waals surface area contributed by atoms with E-state index in [9.17, 15) is 14.4 Å². The van der Waals surface area contributed by atoms with Gasteiger partial charge in [-0.3, -0.25) is 4.79 Å². The first-order chi connectivity index (χ1) is 8.15. The average molecular weight is 258 g/mol. The van der Waals surface area contributed by atoms with Crippen LogP contribution in [0.5, 0.6) is 0 Å². The van der Waals surface area contributed by atoms with Crippen LogP contribution in [0.3, 0.4) is 0 Å². The molecular weight excluding hydrogens is 236 g/mol. The highest BCUT2D eigenvalue weighted by atomic mass is 16.6. The maximum Gasteiger partial charge on any atom is 0.408 e. The van der Waals surface area contributed by atoms with Gasteiger partial charge in [-0.1, -0.05) is 0 Å². The predicted octanol–water partition coefficient (Wildman–Crippen LogP) is 0.993. The normalized spacial score (nSPS) is 14.3. The summed E-state index contributed by atoms with van der Waals surface area (Å²) in [4.78, 5) is 33.3. The lowest BCUT2D eigenvalue weighted by Gasteiger charge is -2.22. The summed E-state index contributed by atoms with van der Waals surface area (Å²) in [7, 11) is 0. The Morgan fingerprint density at radius 2 is 1.78 bits per heavy atom. The number of hydrogen-bond donors (Lipinski definition) is 2. The molecule has 104 valence electrons. The minimum atomic E-state index is -0.714. The third-order valence-corrected chi connectivity index (χ3v) is 1.96. The molecule has 0 bridgehead atoms. The number of rotatable bonds is 5. The van der Waals surface area contributed by atoms with Gasteiger partial charge in [-0.05, 0) is 34.6 Å². The van der Waals surface area contributed by atoms with E-state index in [0.29, 0.717) is 0 Å². The minimum Gasteiger partial charge on any atom is -0.444 e. The summed E-state index contributed by atoms with van der Waals surface area (Å²) in [6.07, 6.45) is 0.329. The second-order valence-electron chi connectivity index (χ2n) is 5.18. The lowest BCUT2D eigenvalue weighted by atomic mass is 10.2. The van der Waals surface area contributed by atoms with Gasteiger partial charge in [0.1, 0.15) is 17.9 Å². The molecule has 2 N–H and O–H groups in total. The van der Waals surface area contributed by atoms with E-state index in [0.717, 1.165) is 6.29 Å². The largest absolute Gasteiger partial charge is 0.444 e. The molecule has 0 radical (unpaired) electrons. The first kappa shape index (κ1) is 16.4. The van der Waals surface area contributed by atoms with Crippen molar-refractivity contribution in [2.24, 2.45) is 0 Å². The van der Waals surface area contributed by atoms with Crippen molar-refractivity contribution in [2.75, 3.05) is 0 Å². The number of carbonyl (C=O) groups excluding carboxylic acids is 3. The van der Waals surface area contributed by atoms with E-state index >= 15 is 0 Å². The van der Waals surface area contributed by atoms with E-state index in [2.05, 4.69) is 10.6 Å². The van der Waals surface area contributed by atoms with Crippen LogP contribution in [0.4, 0.5) is 4.79 Å². The molecule has 0 aromatic carbocycles. The van der Waals surface area contributed by atoms with Gasteiger partial charge in [0, 0.05) is 12.5 Å². The lowest BCUT2D eigenvalue weighted by Crippen LogP contribution is -2.48. The van der Waals surface area contributed by atoms with Crippen LogP contribution in [-0.4, -0.2) is 36.0 Å². The van der Waals surface area contributed by atoms with Crippen molar-refractivity contribution in [3.63, 3.8) is 0 Å². The number of hydrogen-bond acceptors (Lipinski definition) is 4. The molecule has 2 atom stereocenters. The second kappa shape index (κ2) is 6.98. The Kier molecular flexibility index (Phi) is 6.36. The molecule has 0 heterocycles. The molecule has 18 heavy (non-hydrogen) atoms. The smallest absolute Gasteiger partial charge is 0.408 e. The number of aldehydes is 1. The summed E-state index contributed by atoms with van der Waals surface area (Å²) >= 11 is 0. The molecule has 0 aliphatic rings. The van der Waals surface area contributed by atoms with Gasteiger partial charge in [-0.25, -0.2) is 4.79 Å². The van der Waals surface area contributed by atoms with E-state index in [1.165, 1.54) is 0 Å². The topological polar surface area (TPSA) is 84.5 Å². The van der Waals surface area contributed by atoms with Crippen molar-refractivity contribution >= 4 is 18.3 Å². The van der Waals surface area contributed by atoms with Crippen LogP contribution < -0.4 is 10.6 Å². The highest BCUT2D eigenvalue weighted by Crippen LogP contribution is 2.06. The molecule has 6 heteroatoms. The monoisotopic (exact) mass is 258 g/mol. The standard InChI is InChI=1S/C12H22N2O4/c1-8(6-7-15)13-10(16)9(2)14-11(17)18-12(3,4)5/h7-9H,6H2,1-5H3,(H,13,16)(H,14,17). The molecule has 0 aromatic heterocycles. The fraction of sp³-hybridized carbons (Fsp3) is 0.750. The Hall–Kier alpha value is -1.59. The number of carbonyl (C=O) groups is 3. The average Bonchev–Trinajstić information content (AvgIpc) is 2.14. The molecule has 0 spiro atoms. The molecular formula is C12H22N2O4. The summed E-state index contributed by atoms with van der Waals surface area (Å²) in [6, 6.07) is -0.966. The lowest BCUT2D eigenvalue weighted by molar-refractivity contribution is -0.123. The molecule has 0 aromatic rings. The van der Waals surface area contributed by atoms with Gasteiger partial charge in [-0.2, -0.15) is 0 Å². The van der Waals surface area contributed by atoms with E-state index in [4.69, 9.17) is 4.74 Å². The summed E-state index contributed by atoms with van der Waals surface area (Å²) in [5.74, 6) is -0.352. The summed E-state index contributed by atoms with van der Waals surface area (Å²) < 4.78 is 5.02. The van der Waals surface area contributed by atoms with Crippen molar-refractivity contribution < 1.29 is 19.1 Å². The Morgan fingerprint density at radius 1 is 1.22 bits per heavy atom. The molecule has 0 aliphatic heterocycles. The first-order valence-corrected chi connectivity index (χ1v) is 5.89. The predicted molar refractivity (Wildman–Crippen MR) is 67.1 cm³/mol. The van der Waals surface area contributed by atoms with E-state index in [-0.39, 0.29) is 18.4 Å². The van der Waals surface area contributed by atoms with Crippen molar-refractivity contribution in [1.82, 2.24) is 10.6 Å². The second-order valence-corrected chi connectivity index (χ2v) is 5.18. The molecule has 0 fully saturated rings. The quantitative estimate of drug-likeness (QED) is 0.720. The van der Waals surface area contributed by atoms with Crippen LogP contribution in [0.2, 0.25) is 0 Å². The maximum atomic E-state index is 11.6. The highest BCUT2D eigenvalue weighted by Gasteiger charge is 2.21. The zero-order valence-corrected chi connectivity index (χ0v) is 11.6. The number of alkyl carbamates (subject to hydrolysis) is 1. The number of amides is 2. The van der Waals surface area contributed by atoms with Gasteiger partial charge in [0.15, 0.2) is 0 Å². The van der Waals surface area contributed by atoms with Gasteiger partial charge >= 0.3 is 6.09 Å². The summed E-state index contributed by atoms with van der Waals surface area (Å²) in [5.41, 5.74) is -0.606. The van der Waals surface area contributed by atoms with Crippen LogP contribution in [0.1, 0.15) is 41.0 Å². The van der Waals surface area contributed by atoms with Crippen LogP contribution in [0, 0.1) is 0 Å². The highest BCUT2D eigenvalue weighted by molar-refractivity contribution is 5.85. The molecule has 0 saturated heterocycles. The summed E-state index contributed by atoms with van der Waals surface area (Å²) in [5, 5.41) is 5.03. The first-order valence-electron chi connectivity index (χ1n) is 5.89. The van der Waals surface area contributed by atoms with Crippen molar-refractivity contribution in [1.29, 1.82) is 0 Å². The van der Waals surface area contributed by atoms with Crippen molar-refractivity contribution in [3.8, 4) is 0 Å². The van der Waals surface area contributed by atoms with Crippen LogP contribution >= 0.6 is 0 Å². The van der Waals surface area contributed by atoms with E-state index in [1.54, 1.807) is 34.6 Å². The zero-order chi connectivity index (χ0) is 14.3. The molecule has 2 unspecified atom stereocenters. The zero-order valence-electron chi connectivity index (χ0n) is 11.6. The molecule has 0 aliphatic carbocycles. The van der Waals surface area contributed by atoms with Gasteiger partial charge < -0.3 is 20.2 Å². The molecule has 0 rings (SSSR count). The van der Waals surface area contributed by atoms with Gasteiger partial charge in [0.05, 0.1) is 0 Å². The van der Waals surface area contributed by atoms with E-state index in [1.807, 2.05) is 0 Å². The SMILES string of the molecule is CC(CC=O)NC(=O)C(C)NC(=O)OC(C)(C)C.